The highest BCUT2D eigenvalue weighted by molar-refractivity contribution is 6.35. The monoisotopic (exact) mass is 541 g/mol. The van der Waals surface area contributed by atoms with E-state index in [0.29, 0.717) is 50.5 Å². The smallest absolute Gasteiger partial charge is 0.240 e. The van der Waals surface area contributed by atoms with Crippen LogP contribution in [0.15, 0.2) is 36.4 Å². The van der Waals surface area contributed by atoms with E-state index in [1.54, 1.807) is 41.3 Å². The minimum absolute atomic E-state index is 0.171. The van der Waals surface area contributed by atoms with Crippen LogP contribution in [0.5, 0.6) is 0 Å². The van der Waals surface area contributed by atoms with Crippen molar-refractivity contribution < 1.29 is 9.59 Å². The third-order valence-corrected chi connectivity index (χ3v) is 8.21. The lowest BCUT2D eigenvalue weighted by atomic mass is 9.85. The van der Waals surface area contributed by atoms with Crippen LogP contribution in [-0.2, 0) is 21.4 Å². The zero-order valence-corrected chi connectivity index (χ0v) is 21.6. The average Bonchev–Trinajstić information content (AvgIpc) is 3.57. The maximum Gasteiger partial charge on any atom is 0.240 e. The van der Waals surface area contributed by atoms with Crippen LogP contribution in [0.25, 0.3) is 0 Å². The van der Waals surface area contributed by atoms with E-state index in [1.165, 1.54) is 0 Å². The molecule has 5 nitrogen and oxygen atoms in total. The molecule has 2 amide bonds. The molecule has 0 radical (unpaired) electrons. The van der Waals surface area contributed by atoms with Crippen LogP contribution >= 0.6 is 46.4 Å². The SMILES string of the molecule is NC(=O)[C@H](Cc1ccc(Cl)cc1Cl)N(C(=O)C1(c2ccc(Cl)cc2Cl)CC1)C1CCCCC1N. The quantitative estimate of drug-likeness (QED) is 0.482. The van der Waals surface area contributed by atoms with Crippen molar-refractivity contribution in [1.29, 1.82) is 0 Å². The predicted octanol–water partition coefficient (Wildman–Crippen LogP) is 5.53. The molecule has 2 saturated carbocycles. The van der Waals surface area contributed by atoms with Gasteiger partial charge in [0, 0.05) is 38.6 Å². The molecule has 2 fully saturated rings. The average molecular weight is 543 g/mol. The van der Waals surface area contributed by atoms with E-state index in [0.717, 1.165) is 19.3 Å². The number of hydrogen-bond acceptors (Lipinski definition) is 3. The van der Waals surface area contributed by atoms with Gasteiger partial charge in [0.25, 0.3) is 0 Å². The number of rotatable bonds is 7. The van der Waals surface area contributed by atoms with Gasteiger partial charge >= 0.3 is 0 Å². The number of hydrogen-bond donors (Lipinski definition) is 2. The summed E-state index contributed by atoms with van der Waals surface area (Å²) in [6, 6.07) is 8.76. The number of halogens is 4. The van der Waals surface area contributed by atoms with Gasteiger partial charge in [0.15, 0.2) is 0 Å². The molecule has 0 saturated heterocycles. The standard InChI is InChI=1S/C25H27Cl4N3O2/c26-15-6-5-14(18(28)12-15)11-22(23(31)33)32(21-4-2-1-3-20(21)30)24(34)25(9-10-25)17-8-7-16(27)13-19(17)29/h5-8,12-13,20-22H,1-4,9-11,30H2,(H2,31,33)/t20?,21?,22-/m0/s1. The maximum absolute atomic E-state index is 14.3. The Hall–Kier alpha value is -1.50. The number of benzene rings is 2. The lowest BCUT2D eigenvalue weighted by Gasteiger charge is -2.43. The summed E-state index contributed by atoms with van der Waals surface area (Å²) < 4.78 is 0. The minimum Gasteiger partial charge on any atom is -0.368 e. The zero-order chi connectivity index (χ0) is 24.6. The molecular weight excluding hydrogens is 516 g/mol. The van der Waals surface area contributed by atoms with Crippen LogP contribution in [0, 0.1) is 0 Å². The summed E-state index contributed by atoms with van der Waals surface area (Å²) in [6.45, 7) is 0. The first-order valence-electron chi connectivity index (χ1n) is 11.4. The number of nitrogens with zero attached hydrogens (tertiary/aromatic N) is 1. The predicted molar refractivity (Wildman–Crippen MR) is 138 cm³/mol. The van der Waals surface area contributed by atoms with Gasteiger partial charge in [-0.2, -0.15) is 0 Å². The van der Waals surface area contributed by atoms with Crippen molar-refractivity contribution in [2.75, 3.05) is 0 Å². The van der Waals surface area contributed by atoms with Gasteiger partial charge in [0.2, 0.25) is 11.8 Å². The Morgan fingerprint density at radius 3 is 2.15 bits per heavy atom. The summed E-state index contributed by atoms with van der Waals surface area (Å²) >= 11 is 25.1. The molecule has 2 unspecified atom stereocenters. The van der Waals surface area contributed by atoms with Crippen molar-refractivity contribution in [1.82, 2.24) is 4.90 Å². The van der Waals surface area contributed by atoms with Crippen LogP contribution in [0.4, 0.5) is 0 Å². The third kappa shape index (κ3) is 5.05. The summed E-state index contributed by atoms with van der Waals surface area (Å²) in [5.41, 5.74) is 13.0. The molecule has 0 aliphatic heterocycles. The highest BCUT2D eigenvalue weighted by Crippen LogP contribution is 2.53. The first-order chi connectivity index (χ1) is 16.1. The summed E-state index contributed by atoms with van der Waals surface area (Å²) in [6.07, 6.45) is 4.80. The zero-order valence-electron chi connectivity index (χ0n) is 18.6. The molecule has 0 spiro atoms. The Bertz CT molecular complexity index is 1110. The van der Waals surface area contributed by atoms with Gasteiger partial charge in [-0.3, -0.25) is 9.59 Å². The molecule has 2 aliphatic rings. The first-order valence-corrected chi connectivity index (χ1v) is 12.9. The van der Waals surface area contributed by atoms with Crippen LogP contribution in [-0.4, -0.2) is 34.8 Å². The highest BCUT2D eigenvalue weighted by atomic mass is 35.5. The lowest BCUT2D eigenvalue weighted by Crippen LogP contribution is -2.61. The van der Waals surface area contributed by atoms with Crippen molar-refractivity contribution >= 4 is 58.2 Å². The van der Waals surface area contributed by atoms with Crippen molar-refractivity contribution in [2.45, 2.75) is 68.5 Å². The molecule has 2 aromatic rings. The molecule has 34 heavy (non-hydrogen) atoms. The molecule has 0 heterocycles. The van der Waals surface area contributed by atoms with Crippen LogP contribution in [0.2, 0.25) is 20.1 Å². The van der Waals surface area contributed by atoms with E-state index < -0.39 is 17.4 Å². The lowest BCUT2D eigenvalue weighted by molar-refractivity contribution is -0.145. The van der Waals surface area contributed by atoms with Gasteiger partial charge in [0.05, 0.1) is 5.41 Å². The van der Waals surface area contributed by atoms with E-state index in [2.05, 4.69) is 0 Å². The van der Waals surface area contributed by atoms with E-state index >= 15 is 0 Å². The van der Waals surface area contributed by atoms with Crippen molar-refractivity contribution in [3.05, 3.63) is 67.6 Å². The molecule has 0 bridgehead atoms. The molecule has 2 aliphatic carbocycles. The first kappa shape index (κ1) is 25.6. The molecule has 4 N–H and O–H groups in total. The van der Waals surface area contributed by atoms with Crippen LogP contribution in [0.1, 0.15) is 49.7 Å². The molecule has 9 heteroatoms. The Morgan fingerprint density at radius 2 is 1.59 bits per heavy atom. The Kier molecular flexibility index (Phi) is 7.70. The van der Waals surface area contributed by atoms with Gasteiger partial charge in [-0.1, -0.05) is 71.4 Å². The van der Waals surface area contributed by atoms with Gasteiger partial charge in [-0.25, -0.2) is 0 Å². The normalized spacial score (nSPS) is 22.1. The van der Waals surface area contributed by atoms with Crippen molar-refractivity contribution in [3.8, 4) is 0 Å². The largest absolute Gasteiger partial charge is 0.368 e. The summed E-state index contributed by atoms with van der Waals surface area (Å²) in [5.74, 6) is -0.775. The number of amides is 2. The van der Waals surface area contributed by atoms with Crippen LogP contribution in [0.3, 0.4) is 0 Å². The number of nitrogens with two attached hydrogens (primary N) is 2. The van der Waals surface area contributed by atoms with E-state index in [4.69, 9.17) is 57.9 Å². The van der Waals surface area contributed by atoms with Gasteiger partial charge in [-0.05, 0) is 61.1 Å². The molecule has 3 atom stereocenters. The molecule has 182 valence electrons. The summed E-state index contributed by atoms with van der Waals surface area (Å²) in [4.78, 5) is 28.8. The van der Waals surface area contributed by atoms with E-state index in [1.807, 2.05) is 0 Å². The molecule has 0 aromatic heterocycles. The van der Waals surface area contributed by atoms with E-state index in [9.17, 15) is 9.59 Å². The second-order valence-electron chi connectivity index (χ2n) is 9.29. The Labute approximate surface area is 219 Å². The van der Waals surface area contributed by atoms with Gasteiger partial charge in [-0.15, -0.1) is 0 Å². The topological polar surface area (TPSA) is 89.4 Å². The van der Waals surface area contributed by atoms with Crippen LogP contribution < -0.4 is 11.5 Å². The fourth-order valence-electron chi connectivity index (χ4n) is 5.09. The number of primary amides is 1. The maximum atomic E-state index is 14.3. The second kappa shape index (κ2) is 10.2. The summed E-state index contributed by atoms with van der Waals surface area (Å²) in [7, 11) is 0. The third-order valence-electron chi connectivity index (χ3n) is 7.07. The number of carbonyl (C=O) groups excluding carboxylic acids is 2. The molecule has 2 aromatic carbocycles. The van der Waals surface area contributed by atoms with Crippen molar-refractivity contribution in [2.24, 2.45) is 11.5 Å². The summed E-state index contributed by atoms with van der Waals surface area (Å²) in [5, 5.41) is 1.83. The highest BCUT2D eigenvalue weighted by Gasteiger charge is 2.56. The fourth-order valence-corrected chi connectivity index (χ4v) is 6.16. The van der Waals surface area contributed by atoms with Gasteiger partial charge < -0.3 is 16.4 Å². The number of carbonyl (C=O) groups is 2. The fraction of sp³-hybridized carbons (Fsp3) is 0.440. The molecule has 4 rings (SSSR count). The Balaban J connectivity index is 1.76. The minimum atomic E-state index is -0.913. The van der Waals surface area contributed by atoms with E-state index in [-0.39, 0.29) is 24.4 Å². The Morgan fingerprint density at radius 1 is 0.971 bits per heavy atom. The second-order valence-corrected chi connectivity index (χ2v) is 11.0. The van der Waals surface area contributed by atoms with Gasteiger partial charge in [0.1, 0.15) is 6.04 Å². The van der Waals surface area contributed by atoms with Crippen molar-refractivity contribution in [3.63, 3.8) is 0 Å². The molecular formula is C25H27Cl4N3O2.